The number of nitrogens with zero attached hydrogens (tertiary/aromatic N) is 2. The molecule has 0 radical (unpaired) electrons. The standard InChI is InChI=1S/C10H16N2/c1-9(8-12(2)3)10-6-4-5-7-11-10/h4-7,9H,8H2,1-3H3/t9-/m0/s1. The highest BCUT2D eigenvalue weighted by atomic mass is 15.1. The third kappa shape index (κ3) is 2.62. The molecule has 0 aliphatic carbocycles. The van der Waals surface area contributed by atoms with E-state index in [1.807, 2.05) is 18.3 Å². The monoisotopic (exact) mass is 164 g/mol. The van der Waals surface area contributed by atoms with Gasteiger partial charge < -0.3 is 4.90 Å². The van der Waals surface area contributed by atoms with E-state index >= 15 is 0 Å². The molecule has 0 aliphatic heterocycles. The number of rotatable bonds is 3. The van der Waals surface area contributed by atoms with Crippen molar-refractivity contribution in [3.05, 3.63) is 30.1 Å². The highest BCUT2D eigenvalue weighted by Crippen LogP contribution is 2.11. The molecule has 1 heterocycles. The summed E-state index contributed by atoms with van der Waals surface area (Å²) in [4.78, 5) is 6.48. The van der Waals surface area contributed by atoms with Gasteiger partial charge in [-0.15, -0.1) is 0 Å². The molecule has 0 fully saturated rings. The second-order valence-corrected chi connectivity index (χ2v) is 3.42. The smallest absolute Gasteiger partial charge is 0.0444 e. The first-order valence-electron chi connectivity index (χ1n) is 4.26. The zero-order valence-electron chi connectivity index (χ0n) is 7.99. The maximum absolute atomic E-state index is 4.31. The summed E-state index contributed by atoms with van der Waals surface area (Å²) in [6.07, 6.45) is 1.85. The molecule has 0 saturated carbocycles. The van der Waals surface area contributed by atoms with Crippen molar-refractivity contribution in [1.29, 1.82) is 0 Å². The van der Waals surface area contributed by atoms with Gasteiger partial charge in [-0.05, 0) is 26.2 Å². The van der Waals surface area contributed by atoms with Crippen LogP contribution in [0.4, 0.5) is 0 Å². The van der Waals surface area contributed by atoms with E-state index in [4.69, 9.17) is 0 Å². The van der Waals surface area contributed by atoms with Gasteiger partial charge in [0.1, 0.15) is 0 Å². The summed E-state index contributed by atoms with van der Waals surface area (Å²) in [5, 5.41) is 0. The fourth-order valence-electron chi connectivity index (χ4n) is 1.31. The Morgan fingerprint density at radius 3 is 2.67 bits per heavy atom. The van der Waals surface area contributed by atoms with Gasteiger partial charge >= 0.3 is 0 Å². The molecule has 0 bridgehead atoms. The van der Waals surface area contributed by atoms with Crippen LogP contribution in [0.25, 0.3) is 0 Å². The molecule has 1 rings (SSSR count). The molecule has 0 aliphatic rings. The maximum atomic E-state index is 4.31. The van der Waals surface area contributed by atoms with Crippen molar-refractivity contribution in [2.45, 2.75) is 12.8 Å². The molecule has 1 atom stereocenters. The summed E-state index contributed by atoms with van der Waals surface area (Å²) >= 11 is 0. The first-order chi connectivity index (χ1) is 5.70. The Bertz CT molecular complexity index is 219. The van der Waals surface area contributed by atoms with Crippen molar-refractivity contribution >= 4 is 0 Å². The van der Waals surface area contributed by atoms with E-state index in [1.165, 1.54) is 5.69 Å². The average molecular weight is 164 g/mol. The number of likely N-dealkylation sites (N-methyl/N-ethyl adjacent to an activating group) is 1. The van der Waals surface area contributed by atoms with Gasteiger partial charge in [-0.1, -0.05) is 13.0 Å². The van der Waals surface area contributed by atoms with Gasteiger partial charge in [0.2, 0.25) is 0 Å². The second kappa shape index (κ2) is 4.21. The fourth-order valence-corrected chi connectivity index (χ4v) is 1.31. The van der Waals surface area contributed by atoms with Crippen molar-refractivity contribution in [1.82, 2.24) is 9.88 Å². The molecular formula is C10H16N2. The Morgan fingerprint density at radius 2 is 2.17 bits per heavy atom. The summed E-state index contributed by atoms with van der Waals surface area (Å²) in [6.45, 7) is 3.25. The van der Waals surface area contributed by atoms with Gasteiger partial charge in [0.25, 0.3) is 0 Å². The minimum absolute atomic E-state index is 0.515. The number of hydrogen-bond acceptors (Lipinski definition) is 2. The number of hydrogen-bond donors (Lipinski definition) is 0. The van der Waals surface area contributed by atoms with E-state index in [0.717, 1.165) is 6.54 Å². The predicted octanol–water partition coefficient (Wildman–Crippen LogP) is 1.75. The molecule has 0 N–H and O–H groups in total. The van der Waals surface area contributed by atoms with Crippen molar-refractivity contribution in [2.75, 3.05) is 20.6 Å². The van der Waals surface area contributed by atoms with E-state index in [2.05, 4.69) is 37.0 Å². The summed E-state index contributed by atoms with van der Waals surface area (Å²) in [6, 6.07) is 6.06. The van der Waals surface area contributed by atoms with Crippen LogP contribution in [0, 0.1) is 0 Å². The lowest BCUT2D eigenvalue weighted by atomic mass is 10.1. The SMILES string of the molecule is C[C@@H](CN(C)C)c1ccccn1. The van der Waals surface area contributed by atoms with Crippen LogP contribution in [-0.4, -0.2) is 30.5 Å². The average Bonchev–Trinajstić information content (AvgIpc) is 2.05. The molecule has 12 heavy (non-hydrogen) atoms. The molecule has 66 valence electrons. The summed E-state index contributed by atoms with van der Waals surface area (Å²) < 4.78 is 0. The summed E-state index contributed by atoms with van der Waals surface area (Å²) in [7, 11) is 4.17. The van der Waals surface area contributed by atoms with Crippen LogP contribution in [0.5, 0.6) is 0 Å². The lowest BCUT2D eigenvalue weighted by Gasteiger charge is -2.15. The summed E-state index contributed by atoms with van der Waals surface area (Å²) in [5.41, 5.74) is 1.17. The van der Waals surface area contributed by atoms with Crippen LogP contribution in [0.2, 0.25) is 0 Å². The minimum Gasteiger partial charge on any atom is -0.309 e. The Morgan fingerprint density at radius 1 is 1.42 bits per heavy atom. The normalized spacial score (nSPS) is 13.3. The predicted molar refractivity (Wildman–Crippen MR) is 51.2 cm³/mol. The van der Waals surface area contributed by atoms with Crippen LogP contribution >= 0.6 is 0 Å². The molecule has 1 aromatic heterocycles. The highest BCUT2D eigenvalue weighted by molar-refractivity contribution is 5.08. The van der Waals surface area contributed by atoms with E-state index in [0.29, 0.717) is 5.92 Å². The second-order valence-electron chi connectivity index (χ2n) is 3.42. The lowest BCUT2D eigenvalue weighted by molar-refractivity contribution is 0.380. The first-order valence-corrected chi connectivity index (χ1v) is 4.26. The van der Waals surface area contributed by atoms with Gasteiger partial charge in [0, 0.05) is 24.4 Å². The lowest BCUT2D eigenvalue weighted by Crippen LogP contribution is -2.18. The third-order valence-corrected chi connectivity index (χ3v) is 1.83. The van der Waals surface area contributed by atoms with Gasteiger partial charge in [-0.3, -0.25) is 4.98 Å². The van der Waals surface area contributed by atoms with Gasteiger partial charge in [-0.2, -0.15) is 0 Å². The molecule has 2 heteroatoms. The van der Waals surface area contributed by atoms with Crippen molar-refractivity contribution in [2.24, 2.45) is 0 Å². The molecular weight excluding hydrogens is 148 g/mol. The first kappa shape index (κ1) is 9.20. The largest absolute Gasteiger partial charge is 0.309 e. The molecule has 1 aromatic rings. The zero-order chi connectivity index (χ0) is 8.97. The van der Waals surface area contributed by atoms with Crippen LogP contribution in [0.3, 0.4) is 0 Å². The van der Waals surface area contributed by atoms with E-state index in [1.54, 1.807) is 0 Å². The molecule has 0 spiro atoms. The number of aromatic nitrogens is 1. The molecule has 2 nitrogen and oxygen atoms in total. The molecule has 0 aromatic carbocycles. The zero-order valence-corrected chi connectivity index (χ0v) is 7.99. The molecule has 0 saturated heterocycles. The van der Waals surface area contributed by atoms with Crippen molar-refractivity contribution in [3.63, 3.8) is 0 Å². The van der Waals surface area contributed by atoms with Crippen LogP contribution < -0.4 is 0 Å². The Labute approximate surface area is 74.2 Å². The minimum atomic E-state index is 0.515. The van der Waals surface area contributed by atoms with E-state index in [-0.39, 0.29) is 0 Å². The van der Waals surface area contributed by atoms with E-state index in [9.17, 15) is 0 Å². The highest BCUT2D eigenvalue weighted by Gasteiger charge is 2.06. The molecule has 0 unspecified atom stereocenters. The topological polar surface area (TPSA) is 16.1 Å². The van der Waals surface area contributed by atoms with Crippen molar-refractivity contribution in [3.8, 4) is 0 Å². The van der Waals surface area contributed by atoms with Crippen LogP contribution in [0.15, 0.2) is 24.4 Å². The van der Waals surface area contributed by atoms with Crippen molar-refractivity contribution < 1.29 is 0 Å². The Hall–Kier alpha value is -0.890. The quantitative estimate of drug-likeness (QED) is 0.676. The van der Waals surface area contributed by atoms with Gasteiger partial charge in [0.05, 0.1) is 0 Å². The third-order valence-electron chi connectivity index (χ3n) is 1.83. The Balaban J connectivity index is 2.59. The molecule has 0 amide bonds. The fraction of sp³-hybridized carbons (Fsp3) is 0.500. The van der Waals surface area contributed by atoms with Gasteiger partial charge in [-0.25, -0.2) is 0 Å². The Kier molecular flexibility index (Phi) is 3.23. The van der Waals surface area contributed by atoms with E-state index < -0.39 is 0 Å². The van der Waals surface area contributed by atoms with Crippen LogP contribution in [-0.2, 0) is 0 Å². The maximum Gasteiger partial charge on any atom is 0.0444 e. The number of pyridine rings is 1. The van der Waals surface area contributed by atoms with Gasteiger partial charge in [0.15, 0.2) is 0 Å². The summed E-state index contributed by atoms with van der Waals surface area (Å²) in [5.74, 6) is 0.515. The van der Waals surface area contributed by atoms with Crippen LogP contribution in [0.1, 0.15) is 18.5 Å².